The van der Waals surface area contributed by atoms with Crippen molar-refractivity contribution in [3.05, 3.63) is 64.0 Å². The van der Waals surface area contributed by atoms with Crippen LogP contribution in [0.5, 0.6) is 0 Å². The molecule has 4 aromatic rings. The predicted molar refractivity (Wildman–Crippen MR) is 84.9 cm³/mol. The second-order valence-corrected chi connectivity index (χ2v) is 5.51. The third-order valence-corrected chi connectivity index (χ3v) is 3.76. The number of rotatable bonds is 1. The molecule has 4 rings (SSSR count). The van der Waals surface area contributed by atoms with Crippen molar-refractivity contribution in [3.8, 4) is 11.3 Å². The van der Waals surface area contributed by atoms with Crippen LogP contribution in [0, 0.1) is 19.7 Å². The zero-order valence-electron chi connectivity index (χ0n) is 12.5. The summed E-state index contributed by atoms with van der Waals surface area (Å²) < 4.78 is 24.2. The van der Waals surface area contributed by atoms with Crippen LogP contribution in [0.25, 0.3) is 33.3 Å². The molecule has 114 valence electrons. The molecule has 5 heteroatoms. The standard InChI is InChI=1S/C18H12FNO3/c1-9-5-12-7-16(22-17(12)10(2)20-9)14-6-11-3-4-13(19)8-15(11)23-18(14)21/h3-8H,1-2H3. The summed E-state index contributed by atoms with van der Waals surface area (Å²) in [5.41, 5.74) is 2.23. The molecule has 0 atom stereocenters. The Bertz CT molecular complexity index is 1120. The monoisotopic (exact) mass is 309 g/mol. The van der Waals surface area contributed by atoms with Gasteiger partial charge in [-0.05, 0) is 44.2 Å². The van der Waals surface area contributed by atoms with Crippen molar-refractivity contribution in [3.63, 3.8) is 0 Å². The number of furan rings is 1. The highest BCUT2D eigenvalue weighted by Crippen LogP contribution is 2.29. The molecule has 0 saturated heterocycles. The predicted octanol–water partition coefficient (Wildman–Crippen LogP) is 4.36. The number of hydrogen-bond donors (Lipinski definition) is 0. The molecule has 0 aliphatic heterocycles. The molecule has 0 aliphatic carbocycles. The third kappa shape index (κ3) is 2.21. The summed E-state index contributed by atoms with van der Waals surface area (Å²) >= 11 is 0. The Morgan fingerprint density at radius 1 is 1.00 bits per heavy atom. The number of nitrogens with zero attached hydrogens (tertiary/aromatic N) is 1. The van der Waals surface area contributed by atoms with Crippen molar-refractivity contribution < 1.29 is 13.2 Å². The van der Waals surface area contributed by atoms with E-state index >= 15 is 0 Å². The molecule has 1 aromatic carbocycles. The minimum atomic E-state index is -0.565. The number of aryl methyl sites for hydroxylation is 2. The second-order valence-electron chi connectivity index (χ2n) is 5.51. The van der Waals surface area contributed by atoms with E-state index in [-0.39, 0.29) is 5.58 Å². The van der Waals surface area contributed by atoms with Crippen LogP contribution in [0.1, 0.15) is 11.4 Å². The Balaban J connectivity index is 1.98. The Kier molecular flexibility index (Phi) is 2.84. The van der Waals surface area contributed by atoms with Crippen LogP contribution >= 0.6 is 0 Å². The summed E-state index contributed by atoms with van der Waals surface area (Å²) in [5, 5.41) is 1.51. The molecule has 0 N–H and O–H groups in total. The van der Waals surface area contributed by atoms with E-state index in [0.29, 0.717) is 22.3 Å². The lowest BCUT2D eigenvalue weighted by Crippen LogP contribution is -2.02. The molecule has 0 saturated carbocycles. The second kappa shape index (κ2) is 4.78. The molecule has 0 fully saturated rings. The van der Waals surface area contributed by atoms with E-state index in [9.17, 15) is 9.18 Å². The number of pyridine rings is 1. The molecule has 0 amide bonds. The fourth-order valence-electron chi connectivity index (χ4n) is 2.76. The first-order chi connectivity index (χ1) is 11.0. The van der Waals surface area contributed by atoms with E-state index in [1.807, 2.05) is 19.9 Å². The first-order valence-corrected chi connectivity index (χ1v) is 7.13. The van der Waals surface area contributed by atoms with Crippen LogP contribution in [-0.4, -0.2) is 4.98 Å². The Morgan fingerprint density at radius 3 is 2.65 bits per heavy atom. The van der Waals surface area contributed by atoms with Gasteiger partial charge in [0.25, 0.3) is 0 Å². The molecule has 23 heavy (non-hydrogen) atoms. The number of aromatic nitrogens is 1. The fourth-order valence-corrected chi connectivity index (χ4v) is 2.76. The lowest BCUT2D eigenvalue weighted by Gasteiger charge is -2.00. The first kappa shape index (κ1) is 13.7. The Labute approximate surface area is 130 Å². The molecule has 3 heterocycles. The van der Waals surface area contributed by atoms with E-state index in [0.717, 1.165) is 16.8 Å². The topological polar surface area (TPSA) is 56.2 Å². The van der Waals surface area contributed by atoms with Gasteiger partial charge in [-0.25, -0.2) is 9.18 Å². The van der Waals surface area contributed by atoms with Crippen molar-refractivity contribution in [1.29, 1.82) is 0 Å². The lowest BCUT2D eigenvalue weighted by atomic mass is 10.1. The SMILES string of the molecule is Cc1cc2cc(-c3cc4ccc(F)cc4oc3=O)oc2c(C)n1. The number of fused-ring (bicyclic) bond motifs is 2. The van der Waals surface area contributed by atoms with Crippen LogP contribution in [0.2, 0.25) is 0 Å². The normalized spacial score (nSPS) is 11.4. The quantitative estimate of drug-likeness (QED) is 0.490. The van der Waals surface area contributed by atoms with Crippen molar-refractivity contribution in [2.24, 2.45) is 0 Å². The maximum absolute atomic E-state index is 13.2. The lowest BCUT2D eigenvalue weighted by molar-refractivity contribution is 0.549. The maximum Gasteiger partial charge on any atom is 0.347 e. The van der Waals surface area contributed by atoms with Gasteiger partial charge in [0.1, 0.15) is 22.7 Å². The zero-order valence-corrected chi connectivity index (χ0v) is 12.5. The van der Waals surface area contributed by atoms with E-state index in [1.54, 1.807) is 18.2 Å². The van der Waals surface area contributed by atoms with Crippen LogP contribution in [0.4, 0.5) is 4.39 Å². The summed E-state index contributed by atoms with van der Waals surface area (Å²) in [6.45, 7) is 3.76. The minimum absolute atomic E-state index is 0.212. The number of hydrogen-bond acceptors (Lipinski definition) is 4. The van der Waals surface area contributed by atoms with Crippen molar-refractivity contribution in [2.75, 3.05) is 0 Å². The summed E-state index contributed by atoms with van der Waals surface area (Å²) in [6.07, 6.45) is 0. The molecular formula is C18H12FNO3. The van der Waals surface area contributed by atoms with Crippen LogP contribution in [0.15, 0.2) is 50.0 Å². The first-order valence-electron chi connectivity index (χ1n) is 7.13. The van der Waals surface area contributed by atoms with Gasteiger partial charge in [-0.15, -0.1) is 0 Å². The zero-order chi connectivity index (χ0) is 16.1. The van der Waals surface area contributed by atoms with Gasteiger partial charge in [-0.1, -0.05) is 0 Å². The molecular weight excluding hydrogens is 297 g/mol. The van der Waals surface area contributed by atoms with Gasteiger partial charge in [0, 0.05) is 22.5 Å². The Hall–Kier alpha value is -2.95. The van der Waals surface area contributed by atoms with E-state index in [4.69, 9.17) is 8.83 Å². The van der Waals surface area contributed by atoms with Crippen LogP contribution in [-0.2, 0) is 0 Å². The molecule has 0 spiro atoms. The van der Waals surface area contributed by atoms with Gasteiger partial charge >= 0.3 is 5.63 Å². The van der Waals surface area contributed by atoms with E-state index in [2.05, 4.69) is 4.98 Å². The number of halogens is 1. The van der Waals surface area contributed by atoms with Crippen LogP contribution < -0.4 is 5.63 Å². The van der Waals surface area contributed by atoms with Gasteiger partial charge in [0.05, 0.1) is 5.69 Å². The van der Waals surface area contributed by atoms with Crippen molar-refractivity contribution in [1.82, 2.24) is 4.98 Å². The largest absolute Gasteiger partial charge is 0.454 e. The van der Waals surface area contributed by atoms with E-state index < -0.39 is 11.4 Å². The molecule has 4 nitrogen and oxygen atoms in total. The van der Waals surface area contributed by atoms with E-state index in [1.165, 1.54) is 12.1 Å². The Morgan fingerprint density at radius 2 is 1.83 bits per heavy atom. The summed E-state index contributed by atoms with van der Waals surface area (Å²) in [6, 6.07) is 9.41. The van der Waals surface area contributed by atoms with Gasteiger partial charge < -0.3 is 8.83 Å². The van der Waals surface area contributed by atoms with Crippen molar-refractivity contribution in [2.45, 2.75) is 13.8 Å². The molecule has 0 radical (unpaired) electrons. The van der Waals surface area contributed by atoms with Crippen molar-refractivity contribution >= 4 is 21.9 Å². The molecule has 0 bridgehead atoms. The minimum Gasteiger partial charge on any atom is -0.454 e. The van der Waals surface area contributed by atoms with Gasteiger partial charge in [-0.3, -0.25) is 4.98 Å². The highest BCUT2D eigenvalue weighted by Gasteiger charge is 2.15. The highest BCUT2D eigenvalue weighted by atomic mass is 19.1. The summed E-state index contributed by atoms with van der Waals surface area (Å²) in [4.78, 5) is 16.6. The average Bonchev–Trinajstić information content (AvgIpc) is 2.90. The molecule has 0 unspecified atom stereocenters. The average molecular weight is 309 g/mol. The summed E-state index contributed by atoms with van der Waals surface area (Å²) in [7, 11) is 0. The number of benzene rings is 1. The summed E-state index contributed by atoms with van der Waals surface area (Å²) in [5.74, 6) is -0.0372. The van der Waals surface area contributed by atoms with Gasteiger partial charge in [-0.2, -0.15) is 0 Å². The molecule has 3 aromatic heterocycles. The van der Waals surface area contributed by atoms with Gasteiger partial charge in [0.2, 0.25) is 0 Å². The molecule has 0 aliphatic rings. The maximum atomic E-state index is 13.2. The highest BCUT2D eigenvalue weighted by molar-refractivity contribution is 5.86. The van der Waals surface area contributed by atoms with Crippen LogP contribution in [0.3, 0.4) is 0 Å². The van der Waals surface area contributed by atoms with Gasteiger partial charge in [0.15, 0.2) is 5.58 Å². The fraction of sp³-hybridized carbons (Fsp3) is 0.111. The third-order valence-electron chi connectivity index (χ3n) is 3.76. The smallest absolute Gasteiger partial charge is 0.347 e.